The van der Waals surface area contributed by atoms with Crippen molar-refractivity contribution in [1.82, 2.24) is 15.0 Å². The number of pyridine rings is 1. The van der Waals surface area contributed by atoms with Gasteiger partial charge in [-0.1, -0.05) is 19.4 Å². The molecule has 0 aliphatic carbocycles. The van der Waals surface area contributed by atoms with Crippen molar-refractivity contribution in [2.75, 3.05) is 19.0 Å². The van der Waals surface area contributed by atoms with E-state index in [9.17, 15) is 18.0 Å². The van der Waals surface area contributed by atoms with Crippen LogP contribution in [0.3, 0.4) is 0 Å². The van der Waals surface area contributed by atoms with Crippen LogP contribution < -0.4 is 20.1 Å². The molecule has 0 aliphatic rings. The van der Waals surface area contributed by atoms with Gasteiger partial charge in [0, 0.05) is 36.7 Å². The molecular formula is C19H24N4O5S. The minimum atomic E-state index is -3.69. The molecule has 0 fully saturated rings. The molecule has 0 saturated heterocycles. The van der Waals surface area contributed by atoms with Crippen molar-refractivity contribution in [2.24, 2.45) is 0 Å². The zero-order chi connectivity index (χ0) is 21.3. The standard InChI is InChI=1S/C19H24N4O5S/c1-3-4-9-22-29(26,27)16-7-5-6-15(11-16)23-19(25)18(24)21-13-14-12-20-10-8-17(14)28-2/h5-8,10-12,22H,3-4,9,13H2,1-2H3,(H,21,24)(H,23,25). The lowest BCUT2D eigenvalue weighted by atomic mass is 10.2. The van der Waals surface area contributed by atoms with Crippen LogP contribution in [-0.4, -0.2) is 38.9 Å². The maximum Gasteiger partial charge on any atom is 0.313 e. The van der Waals surface area contributed by atoms with Crippen LogP contribution in [0, 0.1) is 0 Å². The van der Waals surface area contributed by atoms with Gasteiger partial charge in [0.2, 0.25) is 10.0 Å². The number of unbranched alkanes of at least 4 members (excludes halogenated alkanes) is 1. The van der Waals surface area contributed by atoms with Gasteiger partial charge in [0.25, 0.3) is 0 Å². The number of sulfonamides is 1. The Morgan fingerprint density at radius 3 is 2.69 bits per heavy atom. The molecular weight excluding hydrogens is 396 g/mol. The van der Waals surface area contributed by atoms with Crippen molar-refractivity contribution >= 4 is 27.5 Å². The molecule has 0 saturated carbocycles. The highest BCUT2D eigenvalue weighted by atomic mass is 32.2. The fourth-order valence-electron chi connectivity index (χ4n) is 2.40. The van der Waals surface area contributed by atoms with Gasteiger partial charge in [0.15, 0.2) is 0 Å². The van der Waals surface area contributed by atoms with Gasteiger partial charge in [0.1, 0.15) is 5.75 Å². The molecule has 3 N–H and O–H groups in total. The molecule has 1 aromatic heterocycles. The summed E-state index contributed by atoms with van der Waals surface area (Å²) >= 11 is 0. The molecule has 1 heterocycles. The highest BCUT2D eigenvalue weighted by Crippen LogP contribution is 2.16. The maximum atomic E-state index is 12.3. The highest BCUT2D eigenvalue weighted by molar-refractivity contribution is 7.89. The number of carbonyl (C=O) groups is 2. The van der Waals surface area contributed by atoms with Crippen LogP contribution in [0.15, 0.2) is 47.6 Å². The lowest BCUT2D eigenvalue weighted by molar-refractivity contribution is -0.136. The van der Waals surface area contributed by atoms with Crippen LogP contribution in [0.1, 0.15) is 25.3 Å². The predicted octanol–water partition coefficient (Wildman–Crippen LogP) is 1.42. The molecule has 2 amide bonds. The third kappa shape index (κ3) is 6.54. The second-order valence-electron chi connectivity index (χ2n) is 6.10. The van der Waals surface area contributed by atoms with Crippen molar-refractivity contribution < 1.29 is 22.7 Å². The SMILES string of the molecule is CCCCNS(=O)(=O)c1cccc(NC(=O)C(=O)NCc2cnccc2OC)c1. The lowest BCUT2D eigenvalue weighted by Crippen LogP contribution is -2.35. The average molecular weight is 420 g/mol. The summed E-state index contributed by atoms with van der Waals surface area (Å²) in [5.41, 5.74) is 0.810. The summed E-state index contributed by atoms with van der Waals surface area (Å²) in [6.45, 7) is 2.34. The van der Waals surface area contributed by atoms with E-state index in [1.165, 1.54) is 37.6 Å². The Morgan fingerprint density at radius 1 is 1.17 bits per heavy atom. The number of hydrogen-bond donors (Lipinski definition) is 3. The van der Waals surface area contributed by atoms with Gasteiger partial charge in [-0.3, -0.25) is 14.6 Å². The summed E-state index contributed by atoms with van der Waals surface area (Å²) in [7, 11) is -2.20. The van der Waals surface area contributed by atoms with E-state index in [1.807, 2.05) is 6.92 Å². The first-order valence-electron chi connectivity index (χ1n) is 9.03. The van der Waals surface area contributed by atoms with Gasteiger partial charge in [-0.25, -0.2) is 13.1 Å². The van der Waals surface area contributed by atoms with E-state index in [4.69, 9.17) is 4.74 Å². The molecule has 2 aromatic rings. The number of amides is 2. The van der Waals surface area contributed by atoms with Crippen molar-refractivity contribution in [3.63, 3.8) is 0 Å². The quantitative estimate of drug-likeness (QED) is 0.416. The van der Waals surface area contributed by atoms with Gasteiger partial charge >= 0.3 is 11.8 Å². The van der Waals surface area contributed by atoms with Crippen molar-refractivity contribution in [2.45, 2.75) is 31.2 Å². The summed E-state index contributed by atoms with van der Waals surface area (Å²) in [4.78, 5) is 28.1. The van der Waals surface area contributed by atoms with E-state index >= 15 is 0 Å². The number of rotatable bonds is 9. The Balaban J connectivity index is 1.98. The molecule has 0 atom stereocenters. The van der Waals surface area contributed by atoms with Gasteiger partial charge in [-0.05, 0) is 30.7 Å². The number of nitrogens with zero attached hydrogens (tertiary/aromatic N) is 1. The van der Waals surface area contributed by atoms with E-state index in [2.05, 4.69) is 20.3 Å². The highest BCUT2D eigenvalue weighted by Gasteiger charge is 2.17. The Hall–Kier alpha value is -2.98. The third-order valence-electron chi connectivity index (χ3n) is 3.95. The number of nitrogens with one attached hydrogen (secondary N) is 3. The fourth-order valence-corrected chi connectivity index (χ4v) is 3.52. The lowest BCUT2D eigenvalue weighted by Gasteiger charge is -2.10. The van der Waals surface area contributed by atoms with Crippen LogP contribution in [-0.2, 0) is 26.2 Å². The van der Waals surface area contributed by atoms with Gasteiger partial charge in [-0.2, -0.15) is 0 Å². The number of benzene rings is 1. The van der Waals surface area contributed by atoms with Gasteiger partial charge < -0.3 is 15.4 Å². The monoisotopic (exact) mass is 420 g/mol. The van der Waals surface area contributed by atoms with E-state index in [0.717, 1.165) is 12.8 Å². The first-order chi connectivity index (χ1) is 13.9. The Labute approximate surface area is 169 Å². The van der Waals surface area contributed by atoms with E-state index in [1.54, 1.807) is 12.3 Å². The normalized spacial score (nSPS) is 11.0. The summed E-state index contributed by atoms with van der Waals surface area (Å²) < 4.78 is 32.2. The van der Waals surface area contributed by atoms with Crippen molar-refractivity contribution in [1.29, 1.82) is 0 Å². The van der Waals surface area contributed by atoms with Gasteiger partial charge in [-0.15, -0.1) is 0 Å². The van der Waals surface area contributed by atoms with Crippen LogP contribution in [0.5, 0.6) is 5.75 Å². The molecule has 0 spiro atoms. The molecule has 0 unspecified atom stereocenters. The molecule has 29 heavy (non-hydrogen) atoms. The largest absolute Gasteiger partial charge is 0.496 e. The number of aromatic nitrogens is 1. The smallest absolute Gasteiger partial charge is 0.313 e. The molecule has 2 rings (SSSR count). The predicted molar refractivity (Wildman–Crippen MR) is 108 cm³/mol. The number of anilines is 1. The van der Waals surface area contributed by atoms with E-state index < -0.39 is 21.8 Å². The van der Waals surface area contributed by atoms with Gasteiger partial charge in [0.05, 0.1) is 12.0 Å². The number of methoxy groups -OCH3 is 1. The first kappa shape index (κ1) is 22.3. The maximum absolute atomic E-state index is 12.3. The Bertz CT molecular complexity index is 963. The Kier molecular flexibility index (Phi) is 8.10. The zero-order valence-corrected chi connectivity index (χ0v) is 17.1. The number of carbonyl (C=O) groups excluding carboxylic acids is 2. The van der Waals surface area contributed by atoms with E-state index in [0.29, 0.717) is 17.9 Å². The first-order valence-corrected chi connectivity index (χ1v) is 10.5. The van der Waals surface area contributed by atoms with Crippen LogP contribution >= 0.6 is 0 Å². The van der Waals surface area contributed by atoms with Crippen LogP contribution in [0.2, 0.25) is 0 Å². The van der Waals surface area contributed by atoms with Crippen molar-refractivity contribution in [3.05, 3.63) is 48.3 Å². The van der Waals surface area contributed by atoms with E-state index in [-0.39, 0.29) is 17.1 Å². The topological polar surface area (TPSA) is 126 Å². The molecule has 10 heteroatoms. The summed E-state index contributed by atoms with van der Waals surface area (Å²) in [6, 6.07) is 7.34. The van der Waals surface area contributed by atoms with Crippen LogP contribution in [0.25, 0.3) is 0 Å². The molecule has 0 aliphatic heterocycles. The minimum Gasteiger partial charge on any atom is -0.496 e. The summed E-state index contributed by atoms with van der Waals surface area (Å²) in [5.74, 6) is -1.25. The molecule has 0 radical (unpaired) electrons. The second kappa shape index (κ2) is 10.5. The minimum absolute atomic E-state index is 0.00640. The Morgan fingerprint density at radius 2 is 1.97 bits per heavy atom. The summed E-state index contributed by atoms with van der Waals surface area (Å²) in [5, 5.41) is 4.87. The number of ether oxygens (including phenoxy) is 1. The molecule has 0 bridgehead atoms. The summed E-state index contributed by atoms with van der Waals surface area (Å²) in [6.07, 6.45) is 4.65. The third-order valence-corrected chi connectivity index (χ3v) is 5.41. The zero-order valence-electron chi connectivity index (χ0n) is 16.3. The van der Waals surface area contributed by atoms with Crippen molar-refractivity contribution in [3.8, 4) is 5.75 Å². The molecule has 156 valence electrons. The molecule has 9 nitrogen and oxygen atoms in total. The number of hydrogen-bond acceptors (Lipinski definition) is 6. The molecule has 1 aromatic carbocycles. The second-order valence-corrected chi connectivity index (χ2v) is 7.87. The average Bonchev–Trinajstić information content (AvgIpc) is 2.72. The van der Waals surface area contributed by atoms with Crippen LogP contribution in [0.4, 0.5) is 5.69 Å². The fraction of sp³-hybridized carbons (Fsp3) is 0.316.